The van der Waals surface area contributed by atoms with Crippen molar-refractivity contribution in [3.63, 3.8) is 0 Å². The van der Waals surface area contributed by atoms with E-state index in [4.69, 9.17) is 0 Å². The molecule has 8 unspecified atom stereocenters. The summed E-state index contributed by atoms with van der Waals surface area (Å²) in [6.07, 6.45) is 9.56. The van der Waals surface area contributed by atoms with Gasteiger partial charge in [0.1, 0.15) is 0 Å². The molecular weight excluding hydrogens is 206 g/mol. The second-order valence-corrected chi connectivity index (χ2v) is 7.19. The molecule has 4 bridgehead atoms. The van der Waals surface area contributed by atoms with E-state index < -0.39 is 0 Å². The Kier molecular flexibility index (Phi) is 2.11. The van der Waals surface area contributed by atoms with Crippen LogP contribution in [0.25, 0.3) is 0 Å². The number of allylic oxidation sites excluding steroid dienone is 2. The first-order chi connectivity index (χ1) is 8.22. The Balaban J connectivity index is 1.71. The summed E-state index contributed by atoms with van der Waals surface area (Å²) in [5, 5.41) is 0. The quantitative estimate of drug-likeness (QED) is 0.521. The molecule has 0 aromatic rings. The molecule has 1 heteroatoms. The van der Waals surface area contributed by atoms with Gasteiger partial charge in [-0.2, -0.15) is 0 Å². The molecule has 4 aliphatic rings. The maximum absolute atomic E-state index is 2.56. The van der Waals surface area contributed by atoms with Crippen LogP contribution in [0.1, 0.15) is 26.2 Å². The van der Waals surface area contributed by atoms with E-state index >= 15 is 0 Å². The van der Waals surface area contributed by atoms with E-state index in [1.165, 1.54) is 12.8 Å². The fraction of sp³-hybridized carbons (Fsp3) is 0.875. The molecule has 4 aliphatic carbocycles. The van der Waals surface area contributed by atoms with E-state index in [0.717, 1.165) is 47.5 Å². The summed E-state index contributed by atoms with van der Waals surface area (Å²) in [7, 11) is 4.62. The standard InChI is InChI=1S/C16H25N/c1-4-11-12-8-13(16(11)17(2)3)15-10-6-5-9(7-10)14(12)15/h5-6,9-16H,4,7-8H2,1-3H3. The lowest BCUT2D eigenvalue weighted by Crippen LogP contribution is -2.46. The Morgan fingerprint density at radius 3 is 2.24 bits per heavy atom. The van der Waals surface area contributed by atoms with Gasteiger partial charge in [-0.05, 0) is 68.4 Å². The molecule has 3 fully saturated rings. The van der Waals surface area contributed by atoms with Gasteiger partial charge in [0.2, 0.25) is 0 Å². The molecule has 17 heavy (non-hydrogen) atoms. The lowest BCUT2D eigenvalue weighted by Gasteiger charge is -2.44. The molecule has 3 saturated carbocycles. The first-order valence-electron chi connectivity index (χ1n) is 7.57. The summed E-state index contributed by atoms with van der Waals surface area (Å²) in [5.41, 5.74) is 0. The Morgan fingerprint density at radius 1 is 1.00 bits per heavy atom. The van der Waals surface area contributed by atoms with E-state index in [9.17, 15) is 0 Å². The second kappa shape index (κ2) is 3.38. The summed E-state index contributed by atoms with van der Waals surface area (Å²) in [5.74, 6) is 7.13. The molecule has 1 nitrogen and oxygen atoms in total. The minimum absolute atomic E-state index is 0.888. The van der Waals surface area contributed by atoms with E-state index in [2.05, 4.69) is 38.1 Å². The minimum Gasteiger partial charge on any atom is -0.306 e. The summed E-state index contributed by atoms with van der Waals surface area (Å²) < 4.78 is 0. The van der Waals surface area contributed by atoms with Crippen LogP contribution in [-0.2, 0) is 0 Å². The summed E-state index contributed by atoms with van der Waals surface area (Å²) in [6, 6.07) is 0.888. The molecule has 0 N–H and O–H groups in total. The van der Waals surface area contributed by atoms with Gasteiger partial charge in [0.15, 0.2) is 0 Å². The molecule has 0 aliphatic heterocycles. The Morgan fingerprint density at radius 2 is 1.65 bits per heavy atom. The van der Waals surface area contributed by atoms with Gasteiger partial charge >= 0.3 is 0 Å². The van der Waals surface area contributed by atoms with Crippen molar-refractivity contribution in [2.45, 2.75) is 32.2 Å². The number of rotatable bonds is 2. The molecule has 0 spiro atoms. The predicted molar refractivity (Wildman–Crippen MR) is 70.6 cm³/mol. The van der Waals surface area contributed by atoms with E-state index in [1.54, 1.807) is 6.42 Å². The smallest absolute Gasteiger partial charge is 0.0151 e. The highest BCUT2D eigenvalue weighted by Crippen LogP contribution is 2.67. The van der Waals surface area contributed by atoms with Gasteiger partial charge in [-0.1, -0.05) is 25.5 Å². The predicted octanol–water partition coefficient (Wildman–Crippen LogP) is 3.03. The van der Waals surface area contributed by atoms with Gasteiger partial charge in [0, 0.05) is 6.04 Å². The van der Waals surface area contributed by atoms with Gasteiger partial charge in [-0.3, -0.25) is 0 Å². The first kappa shape index (κ1) is 10.6. The topological polar surface area (TPSA) is 3.24 Å². The molecule has 4 rings (SSSR count). The van der Waals surface area contributed by atoms with Crippen LogP contribution in [0.5, 0.6) is 0 Å². The Bertz CT molecular complexity index is 359. The lowest BCUT2D eigenvalue weighted by atomic mass is 9.66. The molecule has 0 aromatic carbocycles. The van der Waals surface area contributed by atoms with E-state index in [0.29, 0.717) is 0 Å². The largest absolute Gasteiger partial charge is 0.306 e. The lowest BCUT2D eigenvalue weighted by molar-refractivity contribution is 0.0548. The normalized spacial score (nSPS) is 58.4. The third-order valence-corrected chi connectivity index (χ3v) is 6.61. The molecule has 8 atom stereocenters. The monoisotopic (exact) mass is 231 g/mol. The van der Waals surface area contributed by atoms with Crippen molar-refractivity contribution in [1.29, 1.82) is 0 Å². The minimum atomic E-state index is 0.888. The third kappa shape index (κ3) is 1.15. The highest BCUT2D eigenvalue weighted by molar-refractivity contribution is 5.22. The van der Waals surface area contributed by atoms with Crippen LogP contribution in [0.15, 0.2) is 12.2 Å². The zero-order chi connectivity index (χ0) is 11.7. The van der Waals surface area contributed by atoms with Crippen molar-refractivity contribution < 1.29 is 0 Å². The van der Waals surface area contributed by atoms with Crippen molar-refractivity contribution in [2.24, 2.45) is 41.4 Å². The van der Waals surface area contributed by atoms with Crippen molar-refractivity contribution in [2.75, 3.05) is 14.1 Å². The SMILES string of the molecule is CCC1C2CC(C3C4C=CC(C4)C23)C1N(C)C. The molecular formula is C16H25N. The second-order valence-electron chi connectivity index (χ2n) is 7.19. The highest BCUT2D eigenvalue weighted by Gasteiger charge is 2.64. The van der Waals surface area contributed by atoms with Crippen molar-refractivity contribution in [3.8, 4) is 0 Å². The van der Waals surface area contributed by atoms with Crippen LogP contribution < -0.4 is 0 Å². The average Bonchev–Trinajstić information content (AvgIpc) is 3.03. The summed E-state index contributed by atoms with van der Waals surface area (Å²) in [6.45, 7) is 2.42. The fourth-order valence-electron chi connectivity index (χ4n) is 6.44. The van der Waals surface area contributed by atoms with Gasteiger partial charge in [-0.25, -0.2) is 0 Å². The average molecular weight is 231 g/mol. The van der Waals surface area contributed by atoms with Gasteiger partial charge in [0.05, 0.1) is 0 Å². The zero-order valence-electron chi connectivity index (χ0n) is 11.3. The van der Waals surface area contributed by atoms with Crippen LogP contribution in [0.2, 0.25) is 0 Å². The third-order valence-electron chi connectivity index (χ3n) is 6.61. The fourth-order valence-corrected chi connectivity index (χ4v) is 6.44. The summed E-state index contributed by atoms with van der Waals surface area (Å²) >= 11 is 0. The zero-order valence-corrected chi connectivity index (χ0v) is 11.3. The van der Waals surface area contributed by atoms with Gasteiger partial charge in [0.25, 0.3) is 0 Å². The van der Waals surface area contributed by atoms with Crippen LogP contribution in [-0.4, -0.2) is 25.0 Å². The molecule has 0 heterocycles. The van der Waals surface area contributed by atoms with E-state index in [-0.39, 0.29) is 0 Å². The van der Waals surface area contributed by atoms with Crippen LogP contribution in [0, 0.1) is 41.4 Å². The van der Waals surface area contributed by atoms with Gasteiger partial charge in [-0.15, -0.1) is 0 Å². The number of nitrogens with zero attached hydrogens (tertiary/aromatic N) is 1. The van der Waals surface area contributed by atoms with Crippen LogP contribution in [0.3, 0.4) is 0 Å². The van der Waals surface area contributed by atoms with Gasteiger partial charge < -0.3 is 4.90 Å². The molecule has 94 valence electrons. The Labute approximate surface area is 105 Å². The van der Waals surface area contributed by atoms with Crippen LogP contribution in [0.4, 0.5) is 0 Å². The van der Waals surface area contributed by atoms with Crippen molar-refractivity contribution in [1.82, 2.24) is 4.90 Å². The molecule has 0 amide bonds. The molecule has 0 saturated heterocycles. The van der Waals surface area contributed by atoms with Crippen molar-refractivity contribution >= 4 is 0 Å². The number of fused-ring (bicyclic) bond motifs is 9. The highest BCUT2D eigenvalue weighted by atomic mass is 15.1. The first-order valence-corrected chi connectivity index (χ1v) is 7.57. The maximum Gasteiger partial charge on any atom is 0.0151 e. The summed E-state index contributed by atoms with van der Waals surface area (Å²) in [4.78, 5) is 2.55. The van der Waals surface area contributed by atoms with E-state index in [1.807, 2.05) is 0 Å². The number of hydrogen-bond acceptors (Lipinski definition) is 1. The molecule has 0 radical (unpaired) electrons. The molecule has 0 aromatic heterocycles. The number of hydrogen-bond donors (Lipinski definition) is 0. The Hall–Kier alpha value is -0.300. The maximum atomic E-state index is 2.56. The van der Waals surface area contributed by atoms with Crippen molar-refractivity contribution in [3.05, 3.63) is 12.2 Å². The van der Waals surface area contributed by atoms with Crippen LogP contribution >= 0.6 is 0 Å².